The van der Waals surface area contributed by atoms with Crippen molar-refractivity contribution >= 4 is 45.5 Å². The number of para-hydroxylation sites is 1. The highest BCUT2D eigenvalue weighted by Crippen LogP contribution is 2.30. The first-order valence-corrected chi connectivity index (χ1v) is 10.9. The maximum atomic E-state index is 12.6. The molecule has 2 aromatic carbocycles. The van der Waals surface area contributed by atoms with Gasteiger partial charge in [0.1, 0.15) is 29.8 Å². The van der Waals surface area contributed by atoms with E-state index in [1.807, 2.05) is 6.92 Å². The van der Waals surface area contributed by atoms with Crippen molar-refractivity contribution in [1.82, 2.24) is 5.01 Å². The van der Waals surface area contributed by atoms with Crippen LogP contribution < -0.4 is 9.47 Å². The lowest BCUT2D eigenvalue weighted by atomic mass is 10.1. The SMILES string of the molecule is CCC1=NN2C(=N)/C(=C\c3ccccc3OCCOc3ccc([N+](=O)[O-])cc3)C(=O)N=C2S1. The van der Waals surface area contributed by atoms with Crippen LogP contribution >= 0.6 is 11.8 Å². The first-order chi connectivity index (χ1) is 16.0. The molecule has 10 nitrogen and oxygen atoms in total. The molecule has 0 unspecified atom stereocenters. The van der Waals surface area contributed by atoms with Gasteiger partial charge in [0.05, 0.1) is 10.5 Å². The molecule has 0 spiro atoms. The molecule has 2 aliphatic heterocycles. The number of hydrogen-bond acceptors (Lipinski definition) is 8. The summed E-state index contributed by atoms with van der Waals surface area (Å²) in [6, 6.07) is 12.9. The summed E-state index contributed by atoms with van der Waals surface area (Å²) < 4.78 is 11.4. The van der Waals surface area contributed by atoms with Gasteiger partial charge in [-0.15, -0.1) is 0 Å². The summed E-state index contributed by atoms with van der Waals surface area (Å²) in [6.07, 6.45) is 2.26. The summed E-state index contributed by atoms with van der Waals surface area (Å²) in [5, 5.41) is 26.0. The third kappa shape index (κ3) is 4.93. The van der Waals surface area contributed by atoms with E-state index in [4.69, 9.17) is 14.9 Å². The van der Waals surface area contributed by atoms with Gasteiger partial charge in [0.15, 0.2) is 5.84 Å². The number of benzene rings is 2. The van der Waals surface area contributed by atoms with Crippen LogP contribution in [0.1, 0.15) is 18.9 Å². The Hall–Kier alpha value is -3.99. The van der Waals surface area contributed by atoms with E-state index in [2.05, 4.69) is 10.1 Å². The third-order valence-electron chi connectivity index (χ3n) is 4.67. The van der Waals surface area contributed by atoms with Crippen LogP contribution in [0.2, 0.25) is 0 Å². The molecule has 1 amide bonds. The molecule has 1 N–H and O–H groups in total. The number of aliphatic imine (C=N–C) groups is 1. The van der Waals surface area contributed by atoms with Gasteiger partial charge in [0, 0.05) is 17.7 Å². The summed E-state index contributed by atoms with van der Waals surface area (Å²) in [6.45, 7) is 2.37. The number of carbonyl (C=O) groups excluding carboxylic acids is 1. The number of nitro groups is 1. The van der Waals surface area contributed by atoms with Gasteiger partial charge in [0.2, 0.25) is 5.17 Å². The summed E-state index contributed by atoms with van der Waals surface area (Å²) in [5.41, 5.74) is 0.730. The van der Waals surface area contributed by atoms with Crippen molar-refractivity contribution in [3.63, 3.8) is 0 Å². The van der Waals surface area contributed by atoms with Gasteiger partial charge in [-0.25, -0.2) is 0 Å². The minimum atomic E-state index is -0.498. The maximum absolute atomic E-state index is 12.6. The monoisotopic (exact) mass is 465 g/mol. The fourth-order valence-corrected chi connectivity index (χ4v) is 3.86. The van der Waals surface area contributed by atoms with Crippen LogP contribution in [0.15, 0.2) is 64.2 Å². The number of rotatable bonds is 8. The van der Waals surface area contributed by atoms with Crippen LogP contribution in [0.25, 0.3) is 6.08 Å². The lowest BCUT2D eigenvalue weighted by Crippen LogP contribution is -2.35. The Morgan fingerprint density at radius 2 is 1.88 bits per heavy atom. The molecule has 2 aliphatic rings. The van der Waals surface area contributed by atoms with Gasteiger partial charge in [-0.2, -0.15) is 15.1 Å². The van der Waals surface area contributed by atoms with E-state index in [-0.39, 0.29) is 30.3 Å². The molecule has 0 aliphatic carbocycles. The molecule has 33 heavy (non-hydrogen) atoms. The Balaban J connectivity index is 1.43. The first kappa shape index (κ1) is 22.2. The fourth-order valence-electron chi connectivity index (χ4n) is 3.04. The molecule has 2 aromatic rings. The molecule has 4 rings (SSSR count). The number of amides is 1. The number of non-ortho nitro benzene ring substituents is 1. The minimum absolute atomic E-state index is 0.0102. The van der Waals surface area contributed by atoms with E-state index < -0.39 is 10.8 Å². The highest BCUT2D eigenvalue weighted by atomic mass is 32.2. The summed E-state index contributed by atoms with van der Waals surface area (Å²) in [7, 11) is 0. The molecule has 2 heterocycles. The number of thioether (sulfide) groups is 1. The maximum Gasteiger partial charge on any atom is 0.283 e. The number of nitro benzene ring substituents is 1. The number of nitrogens with one attached hydrogen (secondary N) is 1. The highest BCUT2D eigenvalue weighted by Gasteiger charge is 2.35. The van der Waals surface area contributed by atoms with Gasteiger partial charge < -0.3 is 9.47 Å². The van der Waals surface area contributed by atoms with Gasteiger partial charge in [-0.1, -0.05) is 25.1 Å². The van der Waals surface area contributed by atoms with E-state index in [9.17, 15) is 14.9 Å². The number of nitrogens with zero attached hydrogens (tertiary/aromatic N) is 4. The highest BCUT2D eigenvalue weighted by molar-refractivity contribution is 8.26. The zero-order valence-electron chi connectivity index (χ0n) is 17.6. The topological polar surface area (TPSA) is 130 Å². The van der Waals surface area contributed by atoms with E-state index >= 15 is 0 Å². The van der Waals surface area contributed by atoms with Crippen LogP contribution in [0.4, 0.5) is 5.69 Å². The molecule has 0 atom stereocenters. The van der Waals surface area contributed by atoms with E-state index in [0.29, 0.717) is 28.7 Å². The van der Waals surface area contributed by atoms with Gasteiger partial charge in [-0.3, -0.25) is 20.3 Å². The molecule has 168 valence electrons. The number of carbonyl (C=O) groups is 1. The first-order valence-electron chi connectivity index (χ1n) is 10.0. The second-order valence-corrected chi connectivity index (χ2v) is 7.89. The van der Waals surface area contributed by atoms with Crippen molar-refractivity contribution in [2.24, 2.45) is 10.1 Å². The normalized spacial score (nSPS) is 16.4. The van der Waals surface area contributed by atoms with Crippen LogP contribution in [0.5, 0.6) is 11.5 Å². The second kappa shape index (κ2) is 9.65. The molecular formula is C22H19N5O5S. The summed E-state index contributed by atoms with van der Waals surface area (Å²) >= 11 is 1.29. The van der Waals surface area contributed by atoms with Gasteiger partial charge >= 0.3 is 0 Å². The molecular weight excluding hydrogens is 446 g/mol. The number of hydrogen-bond donors (Lipinski definition) is 1. The predicted molar refractivity (Wildman–Crippen MR) is 126 cm³/mol. The Morgan fingerprint density at radius 1 is 1.15 bits per heavy atom. The number of ether oxygens (including phenoxy) is 2. The van der Waals surface area contributed by atoms with Crippen LogP contribution in [-0.2, 0) is 4.79 Å². The Labute approximate surface area is 193 Å². The van der Waals surface area contributed by atoms with E-state index in [1.54, 1.807) is 30.3 Å². The van der Waals surface area contributed by atoms with E-state index in [1.165, 1.54) is 41.0 Å². The molecule has 0 saturated heterocycles. The lowest BCUT2D eigenvalue weighted by molar-refractivity contribution is -0.384. The summed E-state index contributed by atoms with van der Waals surface area (Å²) in [5.74, 6) is 0.478. The zero-order valence-corrected chi connectivity index (χ0v) is 18.4. The molecule has 0 bridgehead atoms. The van der Waals surface area contributed by atoms with Crippen molar-refractivity contribution in [2.75, 3.05) is 13.2 Å². The number of hydrazone groups is 1. The smallest absolute Gasteiger partial charge is 0.283 e. The van der Waals surface area contributed by atoms with Crippen molar-refractivity contribution in [3.05, 3.63) is 69.8 Å². The van der Waals surface area contributed by atoms with Gasteiger partial charge in [0.25, 0.3) is 11.6 Å². The summed E-state index contributed by atoms with van der Waals surface area (Å²) in [4.78, 5) is 26.9. The van der Waals surface area contributed by atoms with Crippen LogP contribution in [0, 0.1) is 15.5 Å². The standard InChI is InChI=1S/C22H19N5O5S/c1-2-19-25-26-20(23)17(21(28)24-22(26)33-19)13-14-5-3-4-6-18(14)32-12-11-31-16-9-7-15(8-10-16)27(29)30/h3-10,13,23H,2,11-12H2,1H3/b17-13+,23-20?. The van der Waals surface area contributed by atoms with Crippen molar-refractivity contribution in [1.29, 1.82) is 5.41 Å². The predicted octanol–water partition coefficient (Wildman–Crippen LogP) is 4.08. The molecule has 11 heteroatoms. The Bertz CT molecular complexity index is 1210. The van der Waals surface area contributed by atoms with Crippen LogP contribution in [0.3, 0.4) is 0 Å². The second-order valence-electron chi connectivity index (χ2n) is 6.85. The molecule has 0 saturated carbocycles. The average Bonchev–Trinajstić information content (AvgIpc) is 3.24. The van der Waals surface area contributed by atoms with Crippen molar-refractivity contribution < 1.29 is 19.2 Å². The Morgan fingerprint density at radius 3 is 2.61 bits per heavy atom. The quantitative estimate of drug-likeness (QED) is 0.269. The minimum Gasteiger partial charge on any atom is -0.490 e. The van der Waals surface area contributed by atoms with E-state index in [0.717, 1.165) is 5.04 Å². The molecule has 0 radical (unpaired) electrons. The van der Waals surface area contributed by atoms with Crippen LogP contribution in [-0.4, -0.2) is 45.1 Å². The largest absolute Gasteiger partial charge is 0.490 e. The average molecular weight is 465 g/mol. The third-order valence-corrected chi connectivity index (χ3v) is 5.73. The number of amidine groups is 2. The van der Waals surface area contributed by atoms with Gasteiger partial charge in [-0.05, 0) is 42.5 Å². The molecule has 0 aromatic heterocycles. The fraction of sp³-hybridized carbons (Fsp3) is 0.182. The van der Waals surface area contributed by atoms with Crippen molar-refractivity contribution in [3.8, 4) is 11.5 Å². The number of fused-ring (bicyclic) bond motifs is 1. The molecule has 0 fully saturated rings. The van der Waals surface area contributed by atoms with Crippen molar-refractivity contribution in [2.45, 2.75) is 13.3 Å². The lowest BCUT2D eigenvalue weighted by Gasteiger charge is -2.20. The Kier molecular flexibility index (Phi) is 6.50. The zero-order chi connectivity index (χ0) is 23.4.